The highest BCUT2D eigenvalue weighted by Gasteiger charge is 2.39. The van der Waals surface area contributed by atoms with E-state index in [-0.39, 0.29) is 42.0 Å². The van der Waals surface area contributed by atoms with Gasteiger partial charge in [-0.2, -0.15) is 0 Å². The average Bonchev–Trinajstić information content (AvgIpc) is 2.77. The lowest BCUT2D eigenvalue weighted by Crippen LogP contribution is -2.56. The van der Waals surface area contributed by atoms with E-state index in [9.17, 15) is 23.7 Å². The molecule has 1 atom stereocenters. The number of benzene rings is 1. The minimum Gasteiger partial charge on any atom is -0.361 e. The van der Waals surface area contributed by atoms with Crippen molar-refractivity contribution in [2.45, 2.75) is 50.6 Å². The summed E-state index contributed by atoms with van der Waals surface area (Å²) >= 11 is 3.24. The number of halogens is 3. The maximum absolute atomic E-state index is 13.5. The number of alkyl halides is 2. The molecule has 0 amide bonds. The van der Waals surface area contributed by atoms with Gasteiger partial charge in [0.25, 0.3) is 11.2 Å². The molecule has 1 aromatic carbocycles. The van der Waals surface area contributed by atoms with Crippen LogP contribution in [0.15, 0.2) is 33.8 Å². The Balaban J connectivity index is 1.51. The van der Waals surface area contributed by atoms with Gasteiger partial charge < -0.3 is 14.8 Å². The summed E-state index contributed by atoms with van der Waals surface area (Å²) in [5, 5.41) is 14.8. The van der Waals surface area contributed by atoms with Crippen molar-refractivity contribution in [3.63, 3.8) is 0 Å². The summed E-state index contributed by atoms with van der Waals surface area (Å²) in [4.78, 5) is 32.2. The fraction of sp³-hybridized carbons (Fsp3) is 0.545. The van der Waals surface area contributed by atoms with Crippen molar-refractivity contribution in [3.05, 3.63) is 49.5 Å². The van der Waals surface area contributed by atoms with Crippen molar-refractivity contribution in [2.75, 3.05) is 29.9 Å². The first kappa shape index (κ1) is 24.5. The maximum Gasteiger partial charge on any atom is 0.294 e. The maximum atomic E-state index is 13.5. The number of aryl methyl sites for hydroxylation is 1. The van der Waals surface area contributed by atoms with Gasteiger partial charge in [0, 0.05) is 69.6 Å². The molecule has 0 spiro atoms. The summed E-state index contributed by atoms with van der Waals surface area (Å²) < 4.78 is 28.9. The Bertz CT molecular complexity index is 1130. The lowest BCUT2D eigenvalue weighted by atomic mass is 9.90. The fourth-order valence-corrected chi connectivity index (χ4v) is 5.33. The number of nitro groups is 1. The predicted octanol–water partition coefficient (Wildman–Crippen LogP) is 4.28. The topological polar surface area (TPSA) is 96.5 Å². The first-order valence-electron chi connectivity index (χ1n) is 11.2. The Labute approximate surface area is 204 Å². The van der Waals surface area contributed by atoms with Gasteiger partial charge in [0.15, 0.2) is 5.82 Å². The molecule has 1 saturated carbocycles. The van der Waals surface area contributed by atoms with Crippen molar-refractivity contribution in [3.8, 4) is 0 Å². The molecular formula is C22H27BrF2N6O3. The van der Waals surface area contributed by atoms with E-state index in [1.807, 2.05) is 11.8 Å². The average molecular weight is 541 g/mol. The van der Waals surface area contributed by atoms with Crippen molar-refractivity contribution in [1.82, 2.24) is 14.5 Å². The Morgan fingerprint density at radius 1 is 1.26 bits per heavy atom. The highest BCUT2D eigenvalue weighted by molar-refractivity contribution is 9.10. The van der Waals surface area contributed by atoms with E-state index < -0.39 is 10.8 Å². The molecule has 2 aromatic rings. The summed E-state index contributed by atoms with van der Waals surface area (Å²) in [6.07, 6.45) is 2.32. The number of nitro benzene ring substituents is 1. The third-order valence-electron chi connectivity index (χ3n) is 6.65. The zero-order valence-electron chi connectivity index (χ0n) is 19.0. The first-order chi connectivity index (χ1) is 16.0. The van der Waals surface area contributed by atoms with Gasteiger partial charge in [-0.15, -0.1) is 0 Å². The summed E-state index contributed by atoms with van der Waals surface area (Å²) in [6.45, 7) is 3.88. The molecule has 184 valence electrons. The number of hydrogen-bond donors (Lipinski definition) is 1. The zero-order valence-corrected chi connectivity index (χ0v) is 20.6. The number of rotatable bonds is 5. The second-order valence-corrected chi connectivity index (χ2v) is 9.85. The lowest BCUT2D eigenvalue weighted by Gasteiger charge is -2.45. The number of anilines is 3. The molecule has 1 aliphatic carbocycles. The van der Waals surface area contributed by atoms with E-state index in [0.29, 0.717) is 48.5 Å². The molecule has 1 N–H and O–H groups in total. The van der Waals surface area contributed by atoms with Crippen molar-refractivity contribution >= 4 is 38.8 Å². The summed E-state index contributed by atoms with van der Waals surface area (Å²) in [7, 11) is 1.59. The molecular weight excluding hydrogens is 514 g/mol. The quantitative estimate of drug-likeness (QED) is 0.446. The molecule has 1 aliphatic heterocycles. The highest BCUT2D eigenvalue weighted by atomic mass is 79.9. The molecule has 34 heavy (non-hydrogen) atoms. The van der Waals surface area contributed by atoms with E-state index in [0.717, 1.165) is 0 Å². The number of aromatic nitrogens is 2. The largest absolute Gasteiger partial charge is 0.361 e. The molecule has 1 aromatic heterocycles. The molecule has 2 aliphatic rings. The van der Waals surface area contributed by atoms with E-state index in [1.165, 1.54) is 16.8 Å². The van der Waals surface area contributed by atoms with Gasteiger partial charge >= 0.3 is 0 Å². The lowest BCUT2D eigenvalue weighted by molar-refractivity contribution is -0.384. The predicted molar refractivity (Wildman–Crippen MR) is 129 cm³/mol. The number of piperazine rings is 1. The number of hydrogen-bond acceptors (Lipinski definition) is 7. The van der Waals surface area contributed by atoms with Crippen LogP contribution in [0.5, 0.6) is 0 Å². The van der Waals surface area contributed by atoms with Gasteiger partial charge in [-0.1, -0.05) is 0 Å². The second-order valence-electron chi connectivity index (χ2n) is 9.04. The standard InChI is InChI=1S/C22H27BrF2N6O3/c1-14-12-29(16-5-7-22(24,25)8-6-16)9-10-30(14)17-4-3-15(11-18(17)31(33)34)26-20-21(32)28(2)13-19(23)27-20/h3-4,11,13-14,16H,5-10,12H2,1-2H3,(H,26,27)/t14-/m0/s1. The molecule has 0 radical (unpaired) electrons. The fourth-order valence-electron chi connectivity index (χ4n) is 4.84. The molecule has 0 bridgehead atoms. The highest BCUT2D eigenvalue weighted by Crippen LogP contribution is 2.37. The Hall–Kier alpha value is -2.60. The van der Waals surface area contributed by atoms with E-state index >= 15 is 0 Å². The van der Waals surface area contributed by atoms with E-state index in [4.69, 9.17) is 0 Å². The molecule has 2 heterocycles. The molecule has 1 saturated heterocycles. The van der Waals surface area contributed by atoms with Crippen LogP contribution in [0.3, 0.4) is 0 Å². The van der Waals surface area contributed by atoms with Gasteiger partial charge in [0.05, 0.1) is 4.92 Å². The van der Waals surface area contributed by atoms with Crippen molar-refractivity contribution in [2.24, 2.45) is 7.05 Å². The van der Waals surface area contributed by atoms with Crippen LogP contribution in [0, 0.1) is 10.1 Å². The van der Waals surface area contributed by atoms with Crippen molar-refractivity contribution < 1.29 is 13.7 Å². The van der Waals surface area contributed by atoms with E-state index in [2.05, 4.69) is 31.1 Å². The van der Waals surface area contributed by atoms with Crippen molar-refractivity contribution in [1.29, 1.82) is 0 Å². The monoisotopic (exact) mass is 540 g/mol. The van der Waals surface area contributed by atoms with Crippen LogP contribution in [0.1, 0.15) is 32.6 Å². The van der Waals surface area contributed by atoms with Crippen LogP contribution < -0.4 is 15.8 Å². The van der Waals surface area contributed by atoms with Crippen LogP contribution >= 0.6 is 15.9 Å². The van der Waals surface area contributed by atoms with Crippen LogP contribution in [0.4, 0.5) is 31.7 Å². The first-order valence-corrected chi connectivity index (χ1v) is 12.0. The van der Waals surface area contributed by atoms with Gasteiger partial charge in [-0.05, 0) is 47.8 Å². The van der Waals surface area contributed by atoms with Gasteiger partial charge in [0.2, 0.25) is 5.92 Å². The number of nitrogens with one attached hydrogen (secondary N) is 1. The summed E-state index contributed by atoms with van der Waals surface area (Å²) in [5.74, 6) is -2.51. The normalized spacial score (nSPS) is 21.4. The Morgan fingerprint density at radius 3 is 2.62 bits per heavy atom. The molecule has 12 heteroatoms. The van der Waals surface area contributed by atoms with Gasteiger partial charge in [0.1, 0.15) is 10.3 Å². The Morgan fingerprint density at radius 2 is 1.97 bits per heavy atom. The van der Waals surface area contributed by atoms with Gasteiger partial charge in [-0.25, -0.2) is 13.8 Å². The summed E-state index contributed by atoms with van der Waals surface area (Å²) in [5.41, 5.74) is 0.440. The molecule has 2 fully saturated rings. The Kier molecular flexibility index (Phi) is 6.90. The smallest absolute Gasteiger partial charge is 0.294 e. The molecule has 9 nitrogen and oxygen atoms in total. The minimum atomic E-state index is -2.56. The summed E-state index contributed by atoms with van der Waals surface area (Å²) in [6, 6.07) is 4.88. The molecule has 0 unspecified atom stereocenters. The molecule has 4 rings (SSSR count). The van der Waals surface area contributed by atoms with Crippen LogP contribution in [0.25, 0.3) is 0 Å². The zero-order chi connectivity index (χ0) is 24.6. The van der Waals surface area contributed by atoms with Crippen LogP contribution in [0.2, 0.25) is 0 Å². The third kappa shape index (κ3) is 5.22. The van der Waals surface area contributed by atoms with E-state index in [1.54, 1.807) is 19.2 Å². The minimum absolute atomic E-state index is 0.0206. The van der Waals surface area contributed by atoms with Gasteiger partial charge in [-0.3, -0.25) is 19.8 Å². The number of nitrogens with zero attached hydrogens (tertiary/aromatic N) is 5. The third-order valence-corrected chi connectivity index (χ3v) is 7.03. The van der Waals surface area contributed by atoms with Crippen LogP contribution in [-0.4, -0.2) is 57.0 Å². The van der Waals surface area contributed by atoms with Crippen LogP contribution in [-0.2, 0) is 7.05 Å². The SMILES string of the molecule is C[C@H]1CN(C2CCC(F)(F)CC2)CCN1c1ccc(Nc2nc(Br)cn(C)c2=O)cc1[N+](=O)[O-]. The second kappa shape index (κ2) is 9.57.